The highest BCUT2D eigenvalue weighted by atomic mass is 35.5. The quantitative estimate of drug-likeness (QED) is 0.466. The lowest BCUT2D eigenvalue weighted by Gasteiger charge is -2.25. The summed E-state index contributed by atoms with van der Waals surface area (Å²) in [5.41, 5.74) is 2.71. The number of thioether (sulfide) groups is 1. The van der Waals surface area contributed by atoms with E-state index >= 15 is 0 Å². The largest absolute Gasteiger partial charge is 0.396 e. The number of sulfonamides is 1. The van der Waals surface area contributed by atoms with Crippen LogP contribution in [0.3, 0.4) is 0 Å². The van der Waals surface area contributed by atoms with E-state index in [9.17, 15) is 18.3 Å². The summed E-state index contributed by atoms with van der Waals surface area (Å²) in [7, 11) is -3.87. The Bertz CT molecular complexity index is 1220. The highest BCUT2D eigenvalue weighted by molar-refractivity contribution is 8.02. The summed E-state index contributed by atoms with van der Waals surface area (Å²) in [5, 5.41) is 12.1. The molecule has 2 atom stereocenters. The maximum absolute atomic E-state index is 13.4. The van der Waals surface area contributed by atoms with Crippen LogP contribution < -0.4 is 5.32 Å². The van der Waals surface area contributed by atoms with Crippen LogP contribution in [0.5, 0.6) is 0 Å². The second-order valence-corrected chi connectivity index (χ2v) is 11.4. The number of benzene rings is 3. The van der Waals surface area contributed by atoms with Gasteiger partial charge in [0.1, 0.15) is 5.37 Å². The molecule has 1 saturated heterocycles. The first-order chi connectivity index (χ1) is 16.4. The normalized spacial score (nSPS) is 17.4. The van der Waals surface area contributed by atoms with Crippen LogP contribution in [0, 0.1) is 0 Å². The molecule has 6 nitrogen and oxygen atoms in total. The number of carbonyl (C=O) groups is 1. The standard InChI is InChI=1S/C25H25ClN2O4S2/c26-21-10-6-20(7-11-21)23(14-16-29)27-24(30)25-28(15-17-33-25)34(31,32)22-12-8-19(9-13-22)18-4-2-1-3-5-18/h1-13,23,25,29H,14-17H2,(H,27,30). The number of hydrogen-bond donors (Lipinski definition) is 2. The van der Waals surface area contributed by atoms with Crippen LogP contribution in [0.1, 0.15) is 18.0 Å². The van der Waals surface area contributed by atoms with E-state index in [4.69, 9.17) is 11.6 Å². The van der Waals surface area contributed by atoms with Gasteiger partial charge in [-0.1, -0.05) is 66.2 Å². The molecule has 4 rings (SSSR count). The number of rotatable bonds is 8. The third-order valence-corrected chi connectivity index (χ3v) is 9.11. The predicted octanol–water partition coefficient (Wildman–Crippen LogP) is 4.31. The van der Waals surface area contributed by atoms with Crippen molar-refractivity contribution in [3.8, 4) is 11.1 Å². The highest BCUT2D eigenvalue weighted by Crippen LogP contribution is 2.32. The van der Waals surface area contributed by atoms with Crippen molar-refractivity contribution in [1.82, 2.24) is 9.62 Å². The van der Waals surface area contributed by atoms with Gasteiger partial charge < -0.3 is 10.4 Å². The molecule has 34 heavy (non-hydrogen) atoms. The summed E-state index contributed by atoms with van der Waals surface area (Å²) in [6, 6.07) is 23.0. The van der Waals surface area contributed by atoms with Crippen molar-refractivity contribution in [3.63, 3.8) is 0 Å². The van der Waals surface area contributed by atoms with E-state index < -0.39 is 27.3 Å². The zero-order valence-corrected chi connectivity index (χ0v) is 20.7. The number of hydrogen-bond acceptors (Lipinski definition) is 5. The van der Waals surface area contributed by atoms with Crippen molar-refractivity contribution in [1.29, 1.82) is 0 Å². The molecular formula is C25H25ClN2O4S2. The Balaban J connectivity index is 1.52. The molecule has 0 bridgehead atoms. The summed E-state index contributed by atoms with van der Waals surface area (Å²) in [6.07, 6.45) is 0.304. The number of amides is 1. The number of aliphatic hydroxyl groups excluding tert-OH is 1. The summed E-state index contributed by atoms with van der Waals surface area (Å²) in [6.45, 7) is 0.123. The Labute approximate surface area is 209 Å². The van der Waals surface area contributed by atoms with E-state index in [1.807, 2.05) is 30.3 Å². The van der Waals surface area contributed by atoms with E-state index in [-0.39, 0.29) is 18.0 Å². The SMILES string of the molecule is O=C(NC(CCO)c1ccc(Cl)cc1)C1SCCN1S(=O)(=O)c1ccc(-c2ccccc2)cc1. The van der Waals surface area contributed by atoms with Crippen LogP contribution in [-0.4, -0.2) is 48.0 Å². The van der Waals surface area contributed by atoms with Crippen molar-refractivity contribution in [2.75, 3.05) is 18.9 Å². The molecule has 0 saturated carbocycles. The first-order valence-corrected chi connectivity index (χ1v) is 13.7. The molecule has 2 unspecified atom stereocenters. The van der Waals surface area contributed by atoms with E-state index in [2.05, 4.69) is 5.32 Å². The number of carbonyl (C=O) groups excluding carboxylic acids is 1. The van der Waals surface area contributed by atoms with Crippen LogP contribution >= 0.6 is 23.4 Å². The summed E-state index contributed by atoms with van der Waals surface area (Å²) >= 11 is 7.25. The Kier molecular flexibility index (Phi) is 7.95. The van der Waals surface area contributed by atoms with Crippen LogP contribution in [0.4, 0.5) is 0 Å². The Morgan fingerprint density at radius 1 is 1.03 bits per heavy atom. The molecule has 0 aliphatic carbocycles. The maximum Gasteiger partial charge on any atom is 0.249 e. The Hall–Kier alpha value is -2.36. The summed E-state index contributed by atoms with van der Waals surface area (Å²) in [4.78, 5) is 13.3. The van der Waals surface area contributed by atoms with E-state index in [0.29, 0.717) is 17.2 Å². The number of halogens is 1. The summed E-state index contributed by atoms with van der Waals surface area (Å²) < 4.78 is 28.0. The molecule has 1 amide bonds. The van der Waals surface area contributed by atoms with Gasteiger partial charge in [0.25, 0.3) is 0 Å². The van der Waals surface area contributed by atoms with Crippen molar-refractivity contribution >= 4 is 39.3 Å². The van der Waals surface area contributed by atoms with Gasteiger partial charge in [0.05, 0.1) is 10.9 Å². The van der Waals surface area contributed by atoms with Gasteiger partial charge in [-0.25, -0.2) is 8.42 Å². The van der Waals surface area contributed by atoms with Gasteiger partial charge in [-0.2, -0.15) is 4.31 Å². The lowest BCUT2D eigenvalue weighted by Crippen LogP contribution is -2.45. The van der Waals surface area contributed by atoms with Crippen molar-refractivity contribution in [2.45, 2.75) is 22.7 Å². The van der Waals surface area contributed by atoms with E-state index in [1.54, 1.807) is 48.5 Å². The third kappa shape index (κ3) is 5.47. The first-order valence-electron chi connectivity index (χ1n) is 10.9. The molecule has 1 aliphatic heterocycles. The fourth-order valence-corrected chi connectivity index (χ4v) is 7.09. The van der Waals surface area contributed by atoms with Gasteiger partial charge in [-0.3, -0.25) is 4.79 Å². The van der Waals surface area contributed by atoms with Crippen molar-refractivity contribution in [3.05, 3.63) is 89.4 Å². The van der Waals surface area contributed by atoms with E-state index in [0.717, 1.165) is 16.7 Å². The lowest BCUT2D eigenvalue weighted by atomic mass is 10.0. The molecule has 0 spiro atoms. The minimum Gasteiger partial charge on any atom is -0.396 e. The summed E-state index contributed by atoms with van der Waals surface area (Å²) in [5.74, 6) is 0.116. The van der Waals surface area contributed by atoms with Crippen LogP contribution in [0.15, 0.2) is 83.8 Å². The Morgan fingerprint density at radius 2 is 1.68 bits per heavy atom. The van der Waals surface area contributed by atoms with Crippen molar-refractivity contribution < 1.29 is 18.3 Å². The van der Waals surface area contributed by atoms with Crippen molar-refractivity contribution in [2.24, 2.45) is 0 Å². The zero-order chi connectivity index (χ0) is 24.1. The molecule has 9 heteroatoms. The average molecular weight is 517 g/mol. The monoisotopic (exact) mass is 516 g/mol. The molecule has 178 valence electrons. The smallest absolute Gasteiger partial charge is 0.249 e. The highest BCUT2D eigenvalue weighted by Gasteiger charge is 2.40. The van der Waals surface area contributed by atoms with Gasteiger partial charge in [-0.05, 0) is 47.4 Å². The zero-order valence-electron chi connectivity index (χ0n) is 18.3. The molecule has 1 fully saturated rings. The lowest BCUT2D eigenvalue weighted by molar-refractivity contribution is -0.123. The van der Waals surface area contributed by atoms with Crippen LogP contribution in [-0.2, 0) is 14.8 Å². The van der Waals surface area contributed by atoms with E-state index in [1.165, 1.54) is 16.1 Å². The van der Waals surface area contributed by atoms with Crippen LogP contribution in [0.25, 0.3) is 11.1 Å². The fourth-order valence-electron chi connectivity index (χ4n) is 3.88. The molecule has 3 aromatic carbocycles. The third-order valence-electron chi connectivity index (χ3n) is 5.65. The first kappa shape index (κ1) is 24.8. The molecule has 3 aromatic rings. The topological polar surface area (TPSA) is 86.7 Å². The molecule has 2 N–H and O–H groups in total. The van der Waals surface area contributed by atoms with Gasteiger partial charge >= 0.3 is 0 Å². The van der Waals surface area contributed by atoms with Gasteiger partial charge in [0.2, 0.25) is 15.9 Å². The molecule has 1 aliphatic rings. The fraction of sp³-hybridized carbons (Fsp3) is 0.240. The molecule has 0 radical (unpaired) electrons. The number of nitrogens with one attached hydrogen (secondary N) is 1. The average Bonchev–Trinajstić information content (AvgIpc) is 3.36. The molecule has 0 aromatic heterocycles. The number of aliphatic hydroxyl groups is 1. The van der Waals surface area contributed by atoms with Gasteiger partial charge in [0, 0.05) is 23.9 Å². The number of nitrogens with zero attached hydrogens (tertiary/aromatic N) is 1. The van der Waals surface area contributed by atoms with Gasteiger partial charge in [-0.15, -0.1) is 11.8 Å². The predicted molar refractivity (Wildman–Crippen MR) is 136 cm³/mol. The Morgan fingerprint density at radius 3 is 2.32 bits per heavy atom. The van der Waals surface area contributed by atoms with Crippen LogP contribution in [0.2, 0.25) is 5.02 Å². The van der Waals surface area contributed by atoms with Gasteiger partial charge in [0.15, 0.2) is 0 Å². The maximum atomic E-state index is 13.4. The minimum atomic E-state index is -3.87. The second kappa shape index (κ2) is 10.9. The second-order valence-electron chi connectivity index (χ2n) is 7.85. The molecular weight excluding hydrogens is 492 g/mol. The molecule has 1 heterocycles. The minimum absolute atomic E-state index is 0.124.